The number of sulfonamides is 1. The molecule has 0 spiro atoms. The first-order chi connectivity index (χ1) is 15.7. The number of amidine groups is 1. The molecule has 2 aromatic carbocycles. The second-order valence-corrected chi connectivity index (χ2v) is 9.97. The topological polar surface area (TPSA) is 124 Å². The molecule has 1 amide bonds. The summed E-state index contributed by atoms with van der Waals surface area (Å²) in [5.74, 6) is -0.281. The highest BCUT2D eigenvalue weighted by atomic mass is 32.2. The van der Waals surface area contributed by atoms with Crippen LogP contribution in [0.2, 0.25) is 0 Å². The molecule has 2 aliphatic heterocycles. The Balaban J connectivity index is 1.42. The molecule has 1 N–H and O–H groups in total. The summed E-state index contributed by atoms with van der Waals surface area (Å²) in [7, 11) is -0.470. The molecule has 0 radical (unpaired) electrons. The lowest BCUT2D eigenvalue weighted by Gasteiger charge is -2.22. The van der Waals surface area contributed by atoms with E-state index in [4.69, 9.17) is 14.2 Å². The minimum Gasteiger partial charge on any atom is -0.493 e. The van der Waals surface area contributed by atoms with Gasteiger partial charge in [-0.3, -0.25) is 4.79 Å². The number of thioether (sulfide) groups is 1. The summed E-state index contributed by atoms with van der Waals surface area (Å²) in [6.07, 6.45) is -1.06. The van der Waals surface area contributed by atoms with Gasteiger partial charge in [0.1, 0.15) is 0 Å². The van der Waals surface area contributed by atoms with Crippen LogP contribution in [0, 0.1) is 0 Å². The number of hydrogen-bond acceptors (Lipinski definition) is 9. The summed E-state index contributed by atoms with van der Waals surface area (Å²) in [5.41, 5.74) is 1.49. The second-order valence-electron chi connectivity index (χ2n) is 7.20. The molecule has 0 bridgehead atoms. The van der Waals surface area contributed by atoms with Gasteiger partial charge in [-0.2, -0.15) is 0 Å². The number of benzene rings is 2. The van der Waals surface area contributed by atoms with Crippen LogP contribution < -0.4 is 19.7 Å². The van der Waals surface area contributed by atoms with Gasteiger partial charge in [0.25, 0.3) is 15.9 Å². The molecular weight excluding hydrogens is 470 g/mol. The van der Waals surface area contributed by atoms with E-state index in [1.807, 2.05) is 0 Å². The van der Waals surface area contributed by atoms with Crippen LogP contribution in [0.1, 0.15) is 17.3 Å². The van der Waals surface area contributed by atoms with Crippen LogP contribution in [0.25, 0.3) is 0 Å². The minimum atomic E-state index is -3.47. The van der Waals surface area contributed by atoms with E-state index in [0.29, 0.717) is 33.8 Å². The largest absolute Gasteiger partial charge is 0.493 e. The number of amides is 1. The molecular formula is C21H21N3O7S2. The Morgan fingerprint density at radius 3 is 2.61 bits per heavy atom. The van der Waals surface area contributed by atoms with Crippen molar-refractivity contribution in [3.63, 3.8) is 0 Å². The van der Waals surface area contributed by atoms with Crippen molar-refractivity contribution in [3.05, 3.63) is 42.0 Å². The Morgan fingerprint density at radius 1 is 1.12 bits per heavy atom. The molecule has 1 unspecified atom stereocenters. The van der Waals surface area contributed by atoms with Crippen LogP contribution in [0.4, 0.5) is 11.4 Å². The highest BCUT2D eigenvalue weighted by Crippen LogP contribution is 2.42. The van der Waals surface area contributed by atoms with Crippen molar-refractivity contribution in [3.8, 4) is 11.5 Å². The van der Waals surface area contributed by atoms with E-state index in [0.717, 1.165) is 5.69 Å². The number of nitrogens with zero attached hydrogens (tertiary/aromatic N) is 2. The zero-order valence-corrected chi connectivity index (χ0v) is 19.7. The smallest absolute Gasteiger partial charge is 0.338 e. The number of nitrogens with one attached hydrogen (secondary N) is 1. The van der Waals surface area contributed by atoms with Crippen molar-refractivity contribution in [1.82, 2.24) is 0 Å². The fraction of sp³-hybridized carbons (Fsp3) is 0.286. The third-order valence-electron chi connectivity index (χ3n) is 5.01. The average molecular weight is 492 g/mol. The van der Waals surface area contributed by atoms with E-state index < -0.39 is 28.0 Å². The third kappa shape index (κ3) is 4.76. The van der Waals surface area contributed by atoms with Gasteiger partial charge in [-0.1, -0.05) is 0 Å². The van der Waals surface area contributed by atoms with Crippen molar-refractivity contribution < 1.29 is 32.2 Å². The molecule has 2 aliphatic rings. The third-order valence-corrected chi connectivity index (χ3v) is 7.32. The van der Waals surface area contributed by atoms with Gasteiger partial charge >= 0.3 is 5.97 Å². The molecule has 0 saturated heterocycles. The zero-order chi connectivity index (χ0) is 23.8. The van der Waals surface area contributed by atoms with Crippen molar-refractivity contribution >= 4 is 50.2 Å². The van der Waals surface area contributed by atoms with Gasteiger partial charge < -0.3 is 24.4 Å². The summed E-state index contributed by atoms with van der Waals surface area (Å²) in [6.45, 7) is 1.77. The number of carbonyl (C=O) groups is 2. The first kappa shape index (κ1) is 22.9. The van der Waals surface area contributed by atoms with Crippen LogP contribution >= 0.6 is 11.8 Å². The van der Waals surface area contributed by atoms with Crippen molar-refractivity contribution in [2.24, 2.45) is 4.40 Å². The second kappa shape index (κ2) is 8.94. The molecule has 0 fully saturated rings. The van der Waals surface area contributed by atoms with Crippen LogP contribution in [0.15, 0.2) is 45.7 Å². The fourth-order valence-corrected chi connectivity index (χ4v) is 5.59. The fourth-order valence-electron chi connectivity index (χ4n) is 3.30. The first-order valence-electron chi connectivity index (χ1n) is 9.86. The molecule has 2 heterocycles. The number of ether oxygens (including phenoxy) is 3. The number of fused-ring (bicyclic) bond motifs is 3. The van der Waals surface area contributed by atoms with Crippen molar-refractivity contribution in [2.75, 3.05) is 36.7 Å². The summed E-state index contributed by atoms with van der Waals surface area (Å²) < 4.78 is 43.0. The lowest BCUT2D eigenvalue weighted by molar-refractivity contribution is -0.123. The molecule has 0 saturated carbocycles. The number of methoxy groups -OCH3 is 2. The number of rotatable bonds is 6. The Morgan fingerprint density at radius 2 is 1.88 bits per heavy atom. The normalized spacial score (nSPS) is 16.7. The molecule has 4 rings (SSSR count). The SMILES string of the molecule is COc1ccc(NC(=O)C(C)OC(=O)c2ccc3c(c2)SC2=NS(=O)(=O)CCN23)cc1OC. The predicted molar refractivity (Wildman–Crippen MR) is 124 cm³/mol. The maximum atomic E-state index is 12.6. The molecule has 0 aliphatic carbocycles. The van der Waals surface area contributed by atoms with Crippen LogP contribution in [-0.4, -0.2) is 58.1 Å². The quantitative estimate of drug-likeness (QED) is 0.607. The summed E-state index contributed by atoms with van der Waals surface area (Å²) in [6, 6.07) is 9.79. The van der Waals surface area contributed by atoms with E-state index >= 15 is 0 Å². The Kier molecular flexibility index (Phi) is 6.21. The molecule has 174 valence electrons. The van der Waals surface area contributed by atoms with Crippen LogP contribution in [0.5, 0.6) is 11.5 Å². The van der Waals surface area contributed by atoms with Crippen LogP contribution in [0.3, 0.4) is 0 Å². The van der Waals surface area contributed by atoms with Gasteiger partial charge in [0.05, 0.1) is 31.2 Å². The monoisotopic (exact) mass is 491 g/mol. The Labute approximate surface area is 195 Å². The van der Waals surface area contributed by atoms with Gasteiger partial charge in [0, 0.05) is 23.2 Å². The maximum absolute atomic E-state index is 12.6. The maximum Gasteiger partial charge on any atom is 0.338 e. The molecule has 0 aromatic heterocycles. The molecule has 10 nitrogen and oxygen atoms in total. The number of carbonyl (C=O) groups excluding carboxylic acids is 2. The van der Waals surface area contributed by atoms with E-state index in [-0.39, 0.29) is 11.3 Å². The molecule has 12 heteroatoms. The van der Waals surface area contributed by atoms with Gasteiger partial charge in [0.2, 0.25) is 0 Å². The van der Waals surface area contributed by atoms with Gasteiger partial charge in [-0.05, 0) is 49.0 Å². The summed E-state index contributed by atoms with van der Waals surface area (Å²) in [4.78, 5) is 27.6. The minimum absolute atomic E-state index is 0.0625. The van der Waals surface area contributed by atoms with E-state index in [9.17, 15) is 18.0 Å². The Hall–Kier alpha value is -3.25. The highest BCUT2D eigenvalue weighted by molar-refractivity contribution is 8.15. The molecule has 1 atom stereocenters. The van der Waals surface area contributed by atoms with Crippen LogP contribution in [-0.2, 0) is 19.6 Å². The number of hydrogen-bond donors (Lipinski definition) is 1. The molecule has 2 aromatic rings. The summed E-state index contributed by atoms with van der Waals surface area (Å²) >= 11 is 1.17. The van der Waals surface area contributed by atoms with Crippen molar-refractivity contribution in [2.45, 2.75) is 17.9 Å². The number of esters is 1. The van der Waals surface area contributed by atoms with Gasteiger partial charge in [-0.25, -0.2) is 13.2 Å². The number of anilines is 2. The zero-order valence-electron chi connectivity index (χ0n) is 18.0. The van der Waals surface area contributed by atoms with E-state index in [1.54, 1.807) is 41.3 Å². The average Bonchev–Trinajstić information content (AvgIpc) is 3.14. The lowest BCUT2D eigenvalue weighted by atomic mass is 10.2. The van der Waals surface area contributed by atoms with Crippen molar-refractivity contribution in [1.29, 1.82) is 0 Å². The standard InChI is InChI=1S/C21H21N3O7S2/c1-12(19(25)22-14-5-7-16(29-2)17(11-14)30-3)31-20(26)13-4-6-15-18(10-13)32-21-23-33(27,28)9-8-24(15)21/h4-7,10-12H,8-9H2,1-3H3,(H,22,25). The first-order valence-corrected chi connectivity index (χ1v) is 12.3. The Bertz CT molecular complexity index is 1260. The van der Waals surface area contributed by atoms with Gasteiger partial charge in [0.15, 0.2) is 22.8 Å². The highest BCUT2D eigenvalue weighted by Gasteiger charge is 2.33. The lowest BCUT2D eigenvalue weighted by Crippen LogP contribution is -2.35. The molecule has 33 heavy (non-hydrogen) atoms. The van der Waals surface area contributed by atoms with E-state index in [1.165, 1.54) is 32.9 Å². The van der Waals surface area contributed by atoms with E-state index in [2.05, 4.69) is 9.71 Å². The van der Waals surface area contributed by atoms with Gasteiger partial charge in [-0.15, -0.1) is 4.40 Å². The predicted octanol–water partition coefficient (Wildman–Crippen LogP) is 2.50. The summed E-state index contributed by atoms with van der Waals surface area (Å²) in [5, 5.41) is 3.04.